The molecule has 1 aliphatic heterocycles. The summed E-state index contributed by atoms with van der Waals surface area (Å²) < 4.78 is 37.2. The van der Waals surface area contributed by atoms with Crippen LogP contribution >= 0.6 is 22.9 Å². The van der Waals surface area contributed by atoms with Gasteiger partial charge in [-0.15, -0.1) is 0 Å². The number of hydrogen-bond donors (Lipinski definition) is 0. The molecule has 0 aliphatic carbocycles. The fourth-order valence-electron chi connectivity index (χ4n) is 3.54. The molecule has 10 heteroatoms. The SMILES string of the molecule is COc1ccc(S(=O)(=O)CCC(=O)N(CC2CCCO2)c2nc3ccc(Cl)cc3s2)cc1. The van der Waals surface area contributed by atoms with E-state index in [1.54, 1.807) is 35.2 Å². The highest BCUT2D eigenvalue weighted by Crippen LogP contribution is 2.32. The second-order valence-corrected chi connectivity index (χ2v) is 11.0. The van der Waals surface area contributed by atoms with Crippen molar-refractivity contribution in [3.63, 3.8) is 0 Å². The molecule has 4 rings (SSSR count). The van der Waals surface area contributed by atoms with E-state index in [1.165, 1.54) is 30.6 Å². The highest BCUT2D eigenvalue weighted by atomic mass is 35.5. The quantitative estimate of drug-likeness (QED) is 0.463. The Hall–Kier alpha value is -2.20. The van der Waals surface area contributed by atoms with Crippen LogP contribution in [0.4, 0.5) is 5.13 Å². The maximum Gasteiger partial charge on any atom is 0.229 e. The van der Waals surface area contributed by atoms with Gasteiger partial charge in [0.15, 0.2) is 15.0 Å². The molecule has 0 bridgehead atoms. The van der Waals surface area contributed by atoms with Crippen molar-refractivity contribution in [1.82, 2.24) is 4.98 Å². The van der Waals surface area contributed by atoms with E-state index < -0.39 is 9.84 Å². The minimum Gasteiger partial charge on any atom is -0.497 e. The van der Waals surface area contributed by atoms with Gasteiger partial charge in [-0.2, -0.15) is 0 Å². The van der Waals surface area contributed by atoms with E-state index in [0.717, 1.165) is 23.1 Å². The van der Waals surface area contributed by atoms with Crippen molar-refractivity contribution in [2.24, 2.45) is 0 Å². The van der Waals surface area contributed by atoms with Crippen LogP contribution < -0.4 is 9.64 Å². The molecule has 1 aromatic heterocycles. The number of rotatable bonds is 8. The van der Waals surface area contributed by atoms with Gasteiger partial charge >= 0.3 is 0 Å². The van der Waals surface area contributed by atoms with Crippen molar-refractivity contribution in [1.29, 1.82) is 0 Å². The first-order valence-electron chi connectivity index (χ1n) is 10.2. The average molecular weight is 495 g/mol. The Morgan fingerprint density at radius 2 is 2.06 bits per heavy atom. The van der Waals surface area contributed by atoms with Crippen LogP contribution in [0.15, 0.2) is 47.4 Å². The number of amides is 1. The number of ether oxygens (including phenoxy) is 2. The zero-order valence-electron chi connectivity index (χ0n) is 17.5. The summed E-state index contributed by atoms with van der Waals surface area (Å²) in [4.78, 5) is 19.5. The lowest BCUT2D eigenvalue weighted by Gasteiger charge is -2.23. The fourth-order valence-corrected chi connectivity index (χ4v) is 6.04. The lowest BCUT2D eigenvalue weighted by atomic mass is 10.2. The molecule has 1 amide bonds. The van der Waals surface area contributed by atoms with E-state index in [-0.39, 0.29) is 29.1 Å². The van der Waals surface area contributed by atoms with Crippen molar-refractivity contribution in [3.8, 4) is 5.75 Å². The van der Waals surface area contributed by atoms with E-state index in [9.17, 15) is 13.2 Å². The summed E-state index contributed by atoms with van der Waals surface area (Å²) in [6.07, 6.45) is 1.55. The third-order valence-electron chi connectivity index (χ3n) is 5.28. The Morgan fingerprint density at radius 3 is 2.75 bits per heavy atom. The molecular formula is C22H23ClN2O5S2. The van der Waals surface area contributed by atoms with E-state index >= 15 is 0 Å². The number of halogens is 1. The van der Waals surface area contributed by atoms with E-state index in [0.29, 0.717) is 29.1 Å². The van der Waals surface area contributed by atoms with Gasteiger partial charge in [0, 0.05) is 18.1 Å². The van der Waals surface area contributed by atoms with Crippen molar-refractivity contribution in [2.75, 3.05) is 30.9 Å². The van der Waals surface area contributed by atoms with Gasteiger partial charge < -0.3 is 9.47 Å². The summed E-state index contributed by atoms with van der Waals surface area (Å²) in [5, 5.41) is 1.11. The molecule has 170 valence electrons. The molecule has 1 atom stereocenters. The predicted octanol–water partition coefficient (Wildman–Crippen LogP) is 4.33. The number of fused-ring (bicyclic) bond motifs is 1. The average Bonchev–Trinajstić information content (AvgIpc) is 3.45. The molecule has 1 saturated heterocycles. The summed E-state index contributed by atoms with van der Waals surface area (Å²) >= 11 is 7.44. The lowest BCUT2D eigenvalue weighted by molar-refractivity contribution is -0.118. The molecule has 32 heavy (non-hydrogen) atoms. The van der Waals surface area contributed by atoms with E-state index in [1.807, 2.05) is 0 Å². The van der Waals surface area contributed by atoms with Crippen molar-refractivity contribution in [2.45, 2.75) is 30.3 Å². The number of carbonyl (C=O) groups is 1. The van der Waals surface area contributed by atoms with Gasteiger partial charge in [0.1, 0.15) is 5.75 Å². The number of carbonyl (C=O) groups excluding carboxylic acids is 1. The van der Waals surface area contributed by atoms with Gasteiger partial charge in [-0.05, 0) is 55.3 Å². The van der Waals surface area contributed by atoms with Gasteiger partial charge in [-0.1, -0.05) is 22.9 Å². The first kappa shape index (κ1) is 23.0. The Bertz CT molecular complexity index is 1200. The summed E-state index contributed by atoms with van der Waals surface area (Å²) in [7, 11) is -2.11. The highest BCUT2D eigenvalue weighted by molar-refractivity contribution is 7.91. The van der Waals surface area contributed by atoms with Gasteiger partial charge in [0.05, 0.1) is 40.6 Å². The Morgan fingerprint density at radius 1 is 1.28 bits per heavy atom. The maximum absolute atomic E-state index is 13.2. The van der Waals surface area contributed by atoms with Crippen molar-refractivity contribution < 1.29 is 22.7 Å². The molecule has 2 aromatic carbocycles. The third-order valence-corrected chi connectivity index (χ3v) is 8.29. The molecule has 1 fully saturated rings. The van der Waals surface area contributed by atoms with Gasteiger partial charge in [-0.25, -0.2) is 13.4 Å². The molecule has 1 aliphatic rings. The van der Waals surface area contributed by atoms with Crippen LogP contribution in [0, 0.1) is 0 Å². The molecule has 0 spiro atoms. The zero-order chi connectivity index (χ0) is 22.7. The summed E-state index contributed by atoms with van der Waals surface area (Å²) in [6.45, 7) is 1.00. The summed E-state index contributed by atoms with van der Waals surface area (Å²) in [5.74, 6) is -0.0295. The smallest absolute Gasteiger partial charge is 0.229 e. The Labute approximate surface area is 195 Å². The van der Waals surface area contributed by atoms with Crippen LogP contribution in [0.1, 0.15) is 19.3 Å². The standard InChI is InChI=1S/C22H23ClN2O5S2/c1-29-16-5-7-18(8-6-16)32(27,28)12-10-21(26)25(14-17-3-2-11-30-17)22-24-19-9-4-15(23)13-20(19)31-22/h4-9,13,17H,2-3,10-12,14H2,1H3. The second kappa shape index (κ2) is 9.74. The van der Waals surface area contributed by atoms with Crippen LogP contribution in [-0.4, -0.2) is 51.4 Å². The van der Waals surface area contributed by atoms with Crippen LogP contribution in [0.5, 0.6) is 5.75 Å². The van der Waals surface area contributed by atoms with Crippen LogP contribution in [-0.2, 0) is 19.4 Å². The molecule has 0 saturated carbocycles. The number of hydrogen-bond acceptors (Lipinski definition) is 7. The number of aromatic nitrogens is 1. The molecule has 3 aromatic rings. The predicted molar refractivity (Wildman–Crippen MR) is 126 cm³/mol. The monoisotopic (exact) mass is 494 g/mol. The fraction of sp³-hybridized carbons (Fsp3) is 0.364. The Balaban J connectivity index is 1.53. The van der Waals surface area contributed by atoms with Crippen LogP contribution in [0.2, 0.25) is 5.02 Å². The molecule has 2 heterocycles. The molecule has 0 N–H and O–H groups in total. The van der Waals surface area contributed by atoms with Crippen molar-refractivity contribution in [3.05, 3.63) is 47.5 Å². The summed E-state index contributed by atoms with van der Waals surface area (Å²) in [6, 6.07) is 11.5. The largest absolute Gasteiger partial charge is 0.497 e. The summed E-state index contributed by atoms with van der Waals surface area (Å²) in [5.41, 5.74) is 0.741. The minimum atomic E-state index is -3.62. The van der Waals surface area contributed by atoms with Gasteiger partial charge in [-0.3, -0.25) is 9.69 Å². The molecule has 0 radical (unpaired) electrons. The van der Waals surface area contributed by atoms with Crippen molar-refractivity contribution >= 4 is 54.0 Å². The Kier molecular flexibility index (Phi) is 6.99. The van der Waals surface area contributed by atoms with Gasteiger partial charge in [0.25, 0.3) is 0 Å². The first-order valence-corrected chi connectivity index (χ1v) is 13.1. The highest BCUT2D eigenvalue weighted by Gasteiger charge is 2.27. The number of methoxy groups -OCH3 is 1. The lowest BCUT2D eigenvalue weighted by Crippen LogP contribution is -2.38. The molecule has 7 nitrogen and oxygen atoms in total. The number of thiazole rings is 1. The first-order chi connectivity index (χ1) is 15.4. The topological polar surface area (TPSA) is 85.8 Å². The number of sulfone groups is 1. The number of anilines is 1. The van der Waals surface area contributed by atoms with E-state index in [4.69, 9.17) is 21.1 Å². The normalized spacial score (nSPS) is 16.4. The van der Waals surface area contributed by atoms with E-state index in [2.05, 4.69) is 4.98 Å². The van der Waals surface area contributed by atoms with Crippen LogP contribution in [0.3, 0.4) is 0 Å². The minimum absolute atomic E-state index is 0.0901. The molecular weight excluding hydrogens is 472 g/mol. The maximum atomic E-state index is 13.2. The van der Waals surface area contributed by atoms with Gasteiger partial charge in [0.2, 0.25) is 5.91 Å². The number of nitrogens with zero attached hydrogens (tertiary/aromatic N) is 2. The second-order valence-electron chi connectivity index (χ2n) is 7.49. The zero-order valence-corrected chi connectivity index (χ0v) is 19.9. The molecule has 1 unspecified atom stereocenters. The van der Waals surface area contributed by atoms with Crippen LogP contribution in [0.25, 0.3) is 10.2 Å². The number of benzene rings is 2. The third kappa shape index (κ3) is 5.23.